The lowest BCUT2D eigenvalue weighted by Gasteiger charge is -2.36. The molecule has 1 aliphatic heterocycles. The highest BCUT2D eigenvalue weighted by Crippen LogP contribution is 2.19. The van der Waals surface area contributed by atoms with Crippen molar-refractivity contribution in [3.63, 3.8) is 0 Å². The maximum Gasteiger partial charge on any atom is 0.290 e. The first-order valence-corrected chi connectivity index (χ1v) is 8.97. The van der Waals surface area contributed by atoms with Crippen LogP contribution in [-0.4, -0.2) is 53.4 Å². The zero-order valence-electron chi connectivity index (χ0n) is 15.3. The van der Waals surface area contributed by atoms with Crippen LogP contribution in [0, 0.1) is 17.0 Å². The molecule has 1 aromatic heterocycles. The quantitative estimate of drug-likeness (QED) is 0.621. The van der Waals surface area contributed by atoms with Crippen molar-refractivity contribution >= 4 is 23.1 Å². The zero-order valence-corrected chi connectivity index (χ0v) is 15.3. The summed E-state index contributed by atoms with van der Waals surface area (Å²) >= 11 is 0. The summed E-state index contributed by atoms with van der Waals surface area (Å²) in [7, 11) is 0. The van der Waals surface area contributed by atoms with Gasteiger partial charge in [-0.1, -0.05) is 18.2 Å². The van der Waals surface area contributed by atoms with Crippen LogP contribution in [0.2, 0.25) is 0 Å². The molecule has 1 amide bonds. The fourth-order valence-corrected chi connectivity index (χ4v) is 3.15. The van der Waals surface area contributed by atoms with E-state index in [0.717, 1.165) is 13.1 Å². The lowest BCUT2D eigenvalue weighted by Crippen LogP contribution is -2.49. The highest BCUT2D eigenvalue weighted by Gasteiger charge is 2.21. The lowest BCUT2D eigenvalue weighted by atomic mass is 10.2. The molecule has 2 aromatic rings. The molecule has 1 fully saturated rings. The van der Waals surface area contributed by atoms with Crippen molar-refractivity contribution in [3.8, 4) is 0 Å². The number of aromatic nitrogens is 1. The molecule has 0 atom stereocenters. The van der Waals surface area contributed by atoms with Gasteiger partial charge in [0.1, 0.15) is 12.0 Å². The van der Waals surface area contributed by atoms with Crippen molar-refractivity contribution in [2.24, 2.45) is 0 Å². The first-order chi connectivity index (χ1) is 13.0. The van der Waals surface area contributed by atoms with Crippen LogP contribution in [0.5, 0.6) is 0 Å². The minimum atomic E-state index is -0.454. The number of carbonyl (C=O) groups is 1. The summed E-state index contributed by atoms with van der Waals surface area (Å²) in [4.78, 5) is 31.0. The van der Waals surface area contributed by atoms with Crippen LogP contribution in [-0.2, 0) is 4.79 Å². The number of aryl methyl sites for hydroxylation is 1. The molecule has 1 aliphatic rings. The number of benzene rings is 1. The number of nitro groups is 1. The van der Waals surface area contributed by atoms with Gasteiger partial charge in [-0.25, -0.2) is 4.98 Å². The molecule has 1 saturated heterocycles. The van der Waals surface area contributed by atoms with Gasteiger partial charge >= 0.3 is 0 Å². The van der Waals surface area contributed by atoms with E-state index in [1.54, 1.807) is 13.0 Å². The number of hydrogen-bond acceptors (Lipinski definition) is 6. The standard InChI is InChI=1S/C19H23N5O3/c1-15-13-18(21-14-17(15)24(26)27)20-8-7-19(25)23-11-9-22(10-12-23)16-5-3-2-4-6-16/h2-6,13-14H,7-12H2,1H3,(H,20,21). The number of nitrogens with one attached hydrogen (secondary N) is 1. The van der Waals surface area contributed by atoms with Crippen LogP contribution in [0.4, 0.5) is 17.2 Å². The average Bonchev–Trinajstić information content (AvgIpc) is 2.68. The Kier molecular flexibility index (Phi) is 5.85. The van der Waals surface area contributed by atoms with Gasteiger partial charge in [-0.2, -0.15) is 0 Å². The minimum Gasteiger partial charge on any atom is -0.370 e. The Morgan fingerprint density at radius 3 is 2.56 bits per heavy atom. The number of anilines is 2. The van der Waals surface area contributed by atoms with Crippen LogP contribution in [0.15, 0.2) is 42.6 Å². The Bertz CT molecular complexity index is 804. The number of amides is 1. The molecule has 0 saturated carbocycles. The molecular formula is C19H23N5O3. The second-order valence-corrected chi connectivity index (χ2v) is 6.49. The molecule has 142 valence electrons. The van der Waals surface area contributed by atoms with Gasteiger partial charge in [0, 0.05) is 50.4 Å². The van der Waals surface area contributed by atoms with Gasteiger partial charge in [-0.3, -0.25) is 14.9 Å². The Labute approximate surface area is 158 Å². The summed E-state index contributed by atoms with van der Waals surface area (Å²) in [6.45, 7) is 5.19. The maximum atomic E-state index is 12.4. The van der Waals surface area contributed by atoms with E-state index in [4.69, 9.17) is 0 Å². The van der Waals surface area contributed by atoms with Gasteiger partial charge in [0.2, 0.25) is 5.91 Å². The predicted octanol–water partition coefficient (Wildman–Crippen LogP) is 2.45. The summed E-state index contributed by atoms with van der Waals surface area (Å²) in [5.41, 5.74) is 1.72. The Morgan fingerprint density at radius 2 is 1.93 bits per heavy atom. The highest BCUT2D eigenvalue weighted by molar-refractivity contribution is 5.77. The smallest absolute Gasteiger partial charge is 0.290 e. The van der Waals surface area contributed by atoms with Gasteiger partial charge in [-0.15, -0.1) is 0 Å². The van der Waals surface area contributed by atoms with Gasteiger partial charge in [-0.05, 0) is 25.1 Å². The van der Waals surface area contributed by atoms with E-state index in [2.05, 4.69) is 27.3 Å². The van der Waals surface area contributed by atoms with E-state index in [1.165, 1.54) is 11.9 Å². The average molecular weight is 369 g/mol. The summed E-state index contributed by atoms with van der Waals surface area (Å²) in [6, 6.07) is 11.8. The number of rotatable bonds is 6. The number of hydrogen-bond donors (Lipinski definition) is 1. The van der Waals surface area contributed by atoms with E-state index < -0.39 is 4.92 Å². The normalized spacial score (nSPS) is 14.1. The first-order valence-electron chi connectivity index (χ1n) is 8.97. The van der Waals surface area contributed by atoms with Gasteiger partial charge in [0.25, 0.3) is 5.69 Å². The summed E-state index contributed by atoms with van der Waals surface area (Å²) in [6.07, 6.45) is 1.60. The van der Waals surface area contributed by atoms with E-state index in [1.807, 2.05) is 23.1 Å². The second kappa shape index (κ2) is 8.48. The molecule has 0 radical (unpaired) electrons. The first kappa shape index (κ1) is 18.6. The highest BCUT2D eigenvalue weighted by atomic mass is 16.6. The van der Waals surface area contributed by atoms with Crippen LogP contribution in [0.3, 0.4) is 0 Å². The molecule has 0 aliphatic carbocycles. The number of para-hydroxylation sites is 1. The molecule has 2 heterocycles. The largest absolute Gasteiger partial charge is 0.370 e. The van der Waals surface area contributed by atoms with Crippen molar-refractivity contribution < 1.29 is 9.72 Å². The third-order valence-corrected chi connectivity index (χ3v) is 4.68. The topological polar surface area (TPSA) is 91.6 Å². The molecular weight excluding hydrogens is 346 g/mol. The Morgan fingerprint density at radius 1 is 1.22 bits per heavy atom. The molecule has 1 aromatic carbocycles. The SMILES string of the molecule is Cc1cc(NCCC(=O)N2CCN(c3ccccc3)CC2)ncc1[N+](=O)[O-]. The number of carbonyl (C=O) groups excluding carboxylic acids is 1. The van der Waals surface area contributed by atoms with E-state index in [0.29, 0.717) is 37.4 Å². The fourth-order valence-electron chi connectivity index (χ4n) is 3.15. The molecule has 0 unspecified atom stereocenters. The Balaban J connectivity index is 1.44. The number of pyridine rings is 1. The summed E-state index contributed by atoms with van der Waals surface area (Å²) in [5.74, 6) is 0.647. The molecule has 1 N–H and O–H groups in total. The zero-order chi connectivity index (χ0) is 19.2. The number of piperazine rings is 1. The fraction of sp³-hybridized carbons (Fsp3) is 0.368. The molecule has 0 spiro atoms. The number of nitrogens with zero attached hydrogens (tertiary/aromatic N) is 4. The monoisotopic (exact) mass is 369 g/mol. The van der Waals surface area contributed by atoms with Crippen molar-refractivity contribution in [1.82, 2.24) is 9.88 Å². The van der Waals surface area contributed by atoms with Crippen molar-refractivity contribution in [2.75, 3.05) is 42.9 Å². The van der Waals surface area contributed by atoms with E-state index >= 15 is 0 Å². The Hall–Kier alpha value is -3.16. The van der Waals surface area contributed by atoms with Crippen LogP contribution < -0.4 is 10.2 Å². The minimum absolute atomic E-state index is 0.00656. The molecule has 8 nitrogen and oxygen atoms in total. The molecule has 3 rings (SSSR count). The van der Waals surface area contributed by atoms with Crippen LogP contribution in [0.1, 0.15) is 12.0 Å². The van der Waals surface area contributed by atoms with Crippen molar-refractivity contribution in [3.05, 3.63) is 58.3 Å². The molecule has 0 bridgehead atoms. The van der Waals surface area contributed by atoms with Crippen LogP contribution in [0.25, 0.3) is 0 Å². The summed E-state index contributed by atoms with van der Waals surface area (Å²) < 4.78 is 0. The van der Waals surface area contributed by atoms with Gasteiger partial charge in [0.15, 0.2) is 0 Å². The van der Waals surface area contributed by atoms with Gasteiger partial charge < -0.3 is 15.1 Å². The van der Waals surface area contributed by atoms with Crippen molar-refractivity contribution in [1.29, 1.82) is 0 Å². The second-order valence-electron chi connectivity index (χ2n) is 6.49. The molecule has 27 heavy (non-hydrogen) atoms. The maximum absolute atomic E-state index is 12.4. The molecule has 8 heteroatoms. The third-order valence-electron chi connectivity index (χ3n) is 4.68. The summed E-state index contributed by atoms with van der Waals surface area (Å²) in [5, 5.41) is 13.9. The van der Waals surface area contributed by atoms with E-state index in [-0.39, 0.29) is 11.6 Å². The van der Waals surface area contributed by atoms with Gasteiger partial charge in [0.05, 0.1) is 4.92 Å². The van der Waals surface area contributed by atoms with Crippen molar-refractivity contribution in [2.45, 2.75) is 13.3 Å². The third kappa shape index (κ3) is 4.72. The van der Waals surface area contributed by atoms with Crippen LogP contribution >= 0.6 is 0 Å². The lowest BCUT2D eigenvalue weighted by molar-refractivity contribution is -0.385. The van der Waals surface area contributed by atoms with E-state index in [9.17, 15) is 14.9 Å². The predicted molar refractivity (Wildman–Crippen MR) is 104 cm³/mol.